The lowest BCUT2D eigenvalue weighted by Gasteiger charge is -2.41. The zero-order chi connectivity index (χ0) is 27.4. The number of piperazine rings is 1. The van der Waals surface area contributed by atoms with Crippen LogP contribution in [0.2, 0.25) is 0 Å². The molecule has 3 heterocycles. The summed E-state index contributed by atoms with van der Waals surface area (Å²) in [7, 11) is 3.30. The zero-order valence-corrected chi connectivity index (χ0v) is 23.4. The summed E-state index contributed by atoms with van der Waals surface area (Å²) in [5.41, 5.74) is 1.87. The van der Waals surface area contributed by atoms with Gasteiger partial charge in [0.1, 0.15) is 5.75 Å². The quantitative estimate of drug-likeness (QED) is 0.421. The van der Waals surface area contributed by atoms with Crippen molar-refractivity contribution in [2.45, 2.75) is 35.4 Å². The van der Waals surface area contributed by atoms with E-state index in [9.17, 15) is 14.4 Å². The molecule has 0 bridgehead atoms. The van der Waals surface area contributed by atoms with Crippen molar-refractivity contribution in [1.82, 2.24) is 24.6 Å². The SMILES string of the molecule is C=CC(=O)N1CCN(C(=O)c2cc(Sc3cnc(NC(=O)c4cnn(C)c4)s3)c(C)cc2OC)CC1CC. The van der Waals surface area contributed by atoms with Gasteiger partial charge < -0.3 is 14.5 Å². The van der Waals surface area contributed by atoms with Crippen molar-refractivity contribution in [3.8, 4) is 5.75 Å². The van der Waals surface area contributed by atoms with Crippen molar-refractivity contribution >= 4 is 46.0 Å². The molecule has 0 saturated carbocycles. The third kappa shape index (κ3) is 5.91. The molecular weight excluding hydrogens is 524 g/mol. The van der Waals surface area contributed by atoms with Gasteiger partial charge in [-0.1, -0.05) is 36.6 Å². The van der Waals surface area contributed by atoms with Gasteiger partial charge in [0.15, 0.2) is 5.13 Å². The molecule has 1 saturated heterocycles. The highest BCUT2D eigenvalue weighted by atomic mass is 32.2. The highest BCUT2D eigenvalue weighted by Crippen LogP contribution is 2.38. The van der Waals surface area contributed by atoms with Crippen LogP contribution in [0.25, 0.3) is 0 Å². The number of hydrogen-bond donors (Lipinski definition) is 1. The van der Waals surface area contributed by atoms with Crippen molar-refractivity contribution in [3.05, 3.63) is 60.1 Å². The topological polar surface area (TPSA) is 110 Å². The predicted molar refractivity (Wildman–Crippen MR) is 147 cm³/mol. The summed E-state index contributed by atoms with van der Waals surface area (Å²) in [4.78, 5) is 47.0. The lowest BCUT2D eigenvalue weighted by Crippen LogP contribution is -2.56. The normalized spacial score (nSPS) is 15.3. The number of thiazole rings is 1. The Morgan fingerprint density at radius 1 is 1.29 bits per heavy atom. The number of ether oxygens (including phenoxy) is 1. The summed E-state index contributed by atoms with van der Waals surface area (Å²) in [5.74, 6) is -0.0290. The summed E-state index contributed by atoms with van der Waals surface area (Å²) in [6.07, 6.45) is 6.89. The Balaban J connectivity index is 1.51. The Kier molecular flexibility index (Phi) is 8.52. The summed E-state index contributed by atoms with van der Waals surface area (Å²) < 4.78 is 7.99. The first-order valence-corrected chi connectivity index (χ1v) is 13.7. The van der Waals surface area contributed by atoms with Gasteiger partial charge in [0.25, 0.3) is 11.8 Å². The molecule has 1 aliphatic heterocycles. The van der Waals surface area contributed by atoms with Gasteiger partial charge in [0, 0.05) is 43.8 Å². The molecule has 3 amide bonds. The van der Waals surface area contributed by atoms with Crippen LogP contribution in [-0.4, -0.2) is 75.1 Å². The molecule has 200 valence electrons. The number of carbonyl (C=O) groups is 3. The fourth-order valence-corrected chi connectivity index (χ4v) is 6.19. The number of rotatable bonds is 8. The van der Waals surface area contributed by atoms with E-state index in [0.717, 1.165) is 21.1 Å². The van der Waals surface area contributed by atoms with E-state index >= 15 is 0 Å². The molecule has 4 rings (SSSR count). The van der Waals surface area contributed by atoms with Gasteiger partial charge in [-0.3, -0.25) is 24.4 Å². The second kappa shape index (κ2) is 11.8. The fraction of sp³-hybridized carbons (Fsp3) is 0.346. The third-order valence-electron chi connectivity index (χ3n) is 6.31. The fourth-order valence-electron chi connectivity index (χ4n) is 4.25. The Bertz CT molecular complexity index is 1370. The first-order chi connectivity index (χ1) is 18.2. The van der Waals surface area contributed by atoms with Gasteiger partial charge >= 0.3 is 0 Å². The molecule has 2 aromatic heterocycles. The average Bonchev–Trinajstić information content (AvgIpc) is 3.56. The molecule has 1 fully saturated rings. The van der Waals surface area contributed by atoms with E-state index in [1.807, 2.05) is 26.0 Å². The molecule has 0 radical (unpaired) electrons. The molecule has 1 aliphatic rings. The van der Waals surface area contributed by atoms with Crippen molar-refractivity contribution < 1.29 is 19.1 Å². The number of nitrogens with one attached hydrogen (secondary N) is 1. The molecule has 1 N–H and O–H groups in total. The second-order valence-corrected chi connectivity index (χ2v) is 11.2. The number of carbonyl (C=O) groups excluding carboxylic acids is 3. The van der Waals surface area contributed by atoms with Crippen LogP contribution in [0, 0.1) is 6.92 Å². The molecule has 0 aliphatic carbocycles. The predicted octanol–water partition coefficient (Wildman–Crippen LogP) is 3.85. The number of aryl methyl sites for hydroxylation is 2. The van der Waals surface area contributed by atoms with E-state index in [2.05, 4.69) is 22.0 Å². The molecule has 1 atom stereocenters. The van der Waals surface area contributed by atoms with Crippen molar-refractivity contribution in [1.29, 1.82) is 0 Å². The largest absolute Gasteiger partial charge is 0.496 e. The van der Waals surface area contributed by atoms with Gasteiger partial charge in [-0.05, 0) is 37.1 Å². The van der Waals surface area contributed by atoms with Crippen LogP contribution in [0.3, 0.4) is 0 Å². The van der Waals surface area contributed by atoms with E-state index < -0.39 is 0 Å². The summed E-state index contributed by atoms with van der Waals surface area (Å²) >= 11 is 2.82. The number of aromatic nitrogens is 3. The minimum atomic E-state index is -0.280. The van der Waals surface area contributed by atoms with Crippen LogP contribution >= 0.6 is 23.1 Å². The van der Waals surface area contributed by atoms with Crippen LogP contribution in [0.4, 0.5) is 5.13 Å². The third-order valence-corrected chi connectivity index (χ3v) is 8.48. The highest BCUT2D eigenvalue weighted by Gasteiger charge is 2.32. The van der Waals surface area contributed by atoms with Crippen molar-refractivity contribution in [2.75, 3.05) is 32.1 Å². The van der Waals surface area contributed by atoms with Crippen LogP contribution in [0.1, 0.15) is 39.6 Å². The molecule has 10 nitrogen and oxygen atoms in total. The Labute approximate surface area is 229 Å². The second-order valence-electron chi connectivity index (χ2n) is 8.81. The van der Waals surface area contributed by atoms with E-state index in [1.54, 1.807) is 41.0 Å². The number of amides is 3. The van der Waals surface area contributed by atoms with Gasteiger partial charge in [-0.25, -0.2) is 4.98 Å². The molecule has 3 aromatic rings. The van der Waals surface area contributed by atoms with E-state index in [4.69, 9.17) is 4.74 Å². The summed E-state index contributed by atoms with van der Waals surface area (Å²) in [6.45, 7) is 8.89. The van der Waals surface area contributed by atoms with Crippen molar-refractivity contribution in [3.63, 3.8) is 0 Å². The average molecular weight is 555 g/mol. The maximum absolute atomic E-state index is 13.6. The summed E-state index contributed by atoms with van der Waals surface area (Å²) in [6, 6.07) is 3.63. The van der Waals surface area contributed by atoms with E-state index in [-0.39, 0.29) is 23.8 Å². The number of hydrogen-bond acceptors (Lipinski definition) is 8. The van der Waals surface area contributed by atoms with Crippen LogP contribution in [0.5, 0.6) is 5.75 Å². The minimum absolute atomic E-state index is 0.0685. The molecular formula is C26H30N6O4S2. The Morgan fingerprint density at radius 2 is 2.08 bits per heavy atom. The van der Waals surface area contributed by atoms with Gasteiger partial charge in [-0.15, -0.1) is 0 Å². The smallest absolute Gasteiger partial charge is 0.260 e. The maximum Gasteiger partial charge on any atom is 0.260 e. The number of methoxy groups -OCH3 is 1. The van der Waals surface area contributed by atoms with Gasteiger partial charge in [0.05, 0.1) is 34.8 Å². The number of nitrogens with zero attached hydrogens (tertiary/aromatic N) is 5. The number of anilines is 1. The van der Waals surface area contributed by atoms with Crippen LogP contribution in [0.15, 0.2) is 52.5 Å². The summed E-state index contributed by atoms with van der Waals surface area (Å²) in [5, 5.41) is 7.29. The minimum Gasteiger partial charge on any atom is -0.496 e. The molecule has 1 aromatic carbocycles. The Hall–Kier alpha value is -3.64. The van der Waals surface area contributed by atoms with Crippen LogP contribution in [-0.2, 0) is 11.8 Å². The van der Waals surface area contributed by atoms with Crippen molar-refractivity contribution in [2.24, 2.45) is 7.05 Å². The Morgan fingerprint density at radius 3 is 2.74 bits per heavy atom. The molecule has 0 spiro atoms. The van der Waals surface area contributed by atoms with Gasteiger partial charge in [0.2, 0.25) is 5.91 Å². The first kappa shape index (κ1) is 27.4. The molecule has 1 unspecified atom stereocenters. The molecule has 12 heteroatoms. The zero-order valence-electron chi connectivity index (χ0n) is 21.8. The lowest BCUT2D eigenvalue weighted by atomic mass is 10.1. The maximum atomic E-state index is 13.6. The standard InChI is InChI=1S/C26H30N6O4S2/c1-6-18-15-31(8-9-32(18)22(33)7-2)25(35)19-11-21(16(3)10-20(19)36-5)37-23-13-27-26(38-23)29-24(34)17-12-28-30(4)14-17/h7,10-14,18H,2,6,8-9,15H2,1,3-5H3,(H,27,29,34). The highest BCUT2D eigenvalue weighted by molar-refractivity contribution is 8.01. The molecule has 38 heavy (non-hydrogen) atoms. The lowest BCUT2D eigenvalue weighted by molar-refractivity contribution is -0.130. The first-order valence-electron chi connectivity index (χ1n) is 12.1. The van der Waals surface area contributed by atoms with E-state index in [0.29, 0.717) is 41.6 Å². The monoisotopic (exact) mass is 554 g/mol. The van der Waals surface area contributed by atoms with E-state index in [1.165, 1.54) is 35.4 Å². The van der Waals surface area contributed by atoms with Crippen LogP contribution < -0.4 is 10.1 Å². The van der Waals surface area contributed by atoms with Gasteiger partial charge in [-0.2, -0.15) is 5.10 Å². The number of benzene rings is 1.